The van der Waals surface area contributed by atoms with E-state index in [1.165, 1.54) is 12.1 Å². The van der Waals surface area contributed by atoms with Gasteiger partial charge in [0, 0.05) is 25.1 Å². The summed E-state index contributed by atoms with van der Waals surface area (Å²) in [5.74, 6) is -1.51. The molecule has 0 aliphatic heterocycles. The Morgan fingerprint density at radius 2 is 1.91 bits per heavy atom. The van der Waals surface area contributed by atoms with Gasteiger partial charge in [0.25, 0.3) is 0 Å². The van der Waals surface area contributed by atoms with Crippen LogP contribution >= 0.6 is 0 Å². The van der Waals surface area contributed by atoms with Gasteiger partial charge in [-0.05, 0) is 30.4 Å². The summed E-state index contributed by atoms with van der Waals surface area (Å²) in [6.07, 6.45) is 0.140. The molecule has 4 nitrogen and oxygen atoms in total. The van der Waals surface area contributed by atoms with Gasteiger partial charge >= 0.3 is 6.03 Å². The van der Waals surface area contributed by atoms with Crippen LogP contribution in [0.5, 0.6) is 0 Å². The van der Waals surface area contributed by atoms with Gasteiger partial charge in [-0.1, -0.05) is 26.8 Å². The van der Waals surface area contributed by atoms with E-state index < -0.39 is 17.7 Å². The number of aliphatic hydroxyl groups excluding tert-OH is 1. The van der Waals surface area contributed by atoms with Gasteiger partial charge in [-0.3, -0.25) is 0 Å². The van der Waals surface area contributed by atoms with Crippen LogP contribution in [-0.2, 0) is 0 Å². The van der Waals surface area contributed by atoms with Gasteiger partial charge in [0.05, 0.1) is 6.10 Å². The maximum atomic E-state index is 13.7. The van der Waals surface area contributed by atoms with Gasteiger partial charge in [0.1, 0.15) is 11.6 Å². The zero-order valence-electron chi connectivity index (χ0n) is 14.1. The van der Waals surface area contributed by atoms with E-state index in [0.29, 0.717) is 18.5 Å². The van der Waals surface area contributed by atoms with Gasteiger partial charge < -0.3 is 15.7 Å². The van der Waals surface area contributed by atoms with Crippen molar-refractivity contribution < 1.29 is 18.7 Å². The molecule has 0 aliphatic rings. The van der Waals surface area contributed by atoms with Crippen LogP contribution in [0.15, 0.2) is 18.2 Å². The first-order valence-electron chi connectivity index (χ1n) is 7.75. The Balaban J connectivity index is 2.44. The highest BCUT2D eigenvalue weighted by molar-refractivity contribution is 5.73. The maximum Gasteiger partial charge on any atom is 0.314 e. The Kier molecular flexibility index (Phi) is 6.94. The number of rotatable bonds is 7. The summed E-state index contributed by atoms with van der Waals surface area (Å²) in [6.45, 7) is 8.04. The third-order valence-corrected chi connectivity index (χ3v) is 3.64. The number of benzene rings is 1. The third kappa shape index (κ3) is 6.95. The summed E-state index contributed by atoms with van der Waals surface area (Å²) in [5.41, 5.74) is 0.140. The average molecular weight is 328 g/mol. The largest absolute Gasteiger partial charge is 0.393 e. The molecule has 0 spiro atoms. The molecule has 0 radical (unpaired) electrons. The monoisotopic (exact) mass is 328 g/mol. The molecule has 2 atom stereocenters. The molecule has 23 heavy (non-hydrogen) atoms. The molecule has 1 aromatic carbocycles. The minimum atomic E-state index is -0.621. The lowest BCUT2D eigenvalue weighted by molar-refractivity contribution is 0.129. The van der Waals surface area contributed by atoms with Crippen molar-refractivity contribution in [3.63, 3.8) is 0 Å². The first-order valence-corrected chi connectivity index (χ1v) is 7.75. The fourth-order valence-electron chi connectivity index (χ4n) is 2.51. The topological polar surface area (TPSA) is 61.4 Å². The first-order chi connectivity index (χ1) is 10.6. The molecular formula is C17H26F2N2O2. The van der Waals surface area contributed by atoms with Crippen molar-refractivity contribution in [2.75, 3.05) is 13.1 Å². The lowest BCUT2D eigenvalue weighted by atomic mass is 9.87. The standard InChI is InChI=1S/C17H26F2N2O2/c1-11(14-6-5-13(18)7-15(14)19)9-20-16(23)21-10-17(3,4)8-12(2)22/h5-7,11-12,22H,8-10H2,1-4H3,(H2,20,21,23). The van der Waals surface area contributed by atoms with E-state index in [2.05, 4.69) is 10.6 Å². The molecule has 0 fully saturated rings. The molecule has 2 unspecified atom stereocenters. The Labute approximate surface area is 136 Å². The van der Waals surface area contributed by atoms with Gasteiger partial charge in [0.15, 0.2) is 0 Å². The molecule has 6 heteroatoms. The van der Waals surface area contributed by atoms with E-state index in [9.17, 15) is 18.7 Å². The van der Waals surface area contributed by atoms with E-state index in [1.807, 2.05) is 13.8 Å². The number of hydrogen-bond donors (Lipinski definition) is 3. The highest BCUT2D eigenvalue weighted by atomic mass is 19.1. The Hall–Kier alpha value is -1.69. The number of nitrogens with one attached hydrogen (secondary N) is 2. The Morgan fingerprint density at radius 1 is 1.26 bits per heavy atom. The second kappa shape index (κ2) is 8.24. The van der Waals surface area contributed by atoms with Crippen LogP contribution in [0.3, 0.4) is 0 Å². The van der Waals surface area contributed by atoms with Crippen LogP contribution in [-0.4, -0.2) is 30.3 Å². The van der Waals surface area contributed by atoms with Gasteiger partial charge in [-0.25, -0.2) is 13.6 Å². The number of urea groups is 1. The number of hydrogen-bond acceptors (Lipinski definition) is 2. The van der Waals surface area contributed by atoms with Crippen molar-refractivity contribution in [3.05, 3.63) is 35.4 Å². The molecule has 0 heterocycles. The average Bonchev–Trinajstić information content (AvgIpc) is 2.41. The fourth-order valence-corrected chi connectivity index (χ4v) is 2.51. The molecule has 0 saturated carbocycles. The summed E-state index contributed by atoms with van der Waals surface area (Å²) in [6, 6.07) is 3.08. The predicted octanol–water partition coefficient (Wildman–Crippen LogP) is 3.16. The van der Waals surface area contributed by atoms with Gasteiger partial charge in [-0.2, -0.15) is 0 Å². The number of carbonyl (C=O) groups is 1. The van der Waals surface area contributed by atoms with Crippen LogP contribution in [0.2, 0.25) is 0 Å². The molecule has 2 amide bonds. The van der Waals surface area contributed by atoms with Crippen molar-refractivity contribution in [3.8, 4) is 0 Å². The van der Waals surface area contributed by atoms with Crippen LogP contribution in [0.25, 0.3) is 0 Å². The van der Waals surface area contributed by atoms with Crippen molar-refractivity contribution in [1.82, 2.24) is 10.6 Å². The SMILES string of the molecule is CC(O)CC(C)(C)CNC(=O)NCC(C)c1ccc(F)cc1F. The highest BCUT2D eigenvalue weighted by Crippen LogP contribution is 2.21. The lowest BCUT2D eigenvalue weighted by Gasteiger charge is -2.26. The van der Waals surface area contributed by atoms with E-state index in [1.54, 1.807) is 13.8 Å². The number of aliphatic hydroxyl groups is 1. The zero-order valence-corrected chi connectivity index (χ0v) is 14.1. The van der Waals surface area contributed by atoms with Gasteiger partial charge in [-0.15, -0.1) is 0 Å². The van der Waals surface area contributed by atoms with E-state index in [4.69, 9.17) is 0 Å². The van der Waals surface area contributed by atoms with Crippen molar-refractivity contribution in [1.29, 1.82) is 0 Å². The molecule has 130 valence electrons. The predicted molar refractivity (Wildman–Crippen MR) is 86.3 cm³/mol. The second-order valence-electron chi connectivity index (χ2n) is 6.85. The van der Waals surface area contributed by atoms with Crippen LogP contribution in [0, 0.1) is 17.0 Å². The number of halogens is 2. The second-order valence-corrected chi connectivity index (χ2v) is 6.85. The normalized spacial score (nSPS) is 14.2. The third-order valence-electron chi connectivity index (χ3n) is 3.64. The van der Waals surface area contributed by atoms with Crippen LogP contribution < -0.4 is 10.6 Å². The molecular weight excluding hydrogens is 302 g/mol. The Morgan fingerprint density at radius 3 is 2.48 bits per heavy atom. The highest BCUT2D eigenvalue weighted by Gasteiger charge is 2.21. The van der Waals surface area contributed by atoms with Gasteiger partial charge in [0.2, 0.25) is 0 Å². The number of carbonyl (C=O) groups excluding carboxylic acids is 1. The molecule has 1 aromatic rings. The van der Waals surface area contributed by atoms with Crippen LogP contribution in [0.1, 0.15) is 45.6 Å². The van der Waals surface area contributed by atoms with Crippen molar-refractivity contribution >= 4 is 6.03 Å². The van der Waals surface area contributed by atoms with Crippen molar-refractivity contribution in [2.45, 2.75) is 46.1 Å². The fraction of sp³-hybridized carbons (Fsp3) is 0.588. The minimum Gasteiger partial charge on any atom is -0.393 e. The molecule has 3 N–H and O–H groups in total. The maximum absolute atomic E-state index is 13.7. The summed E-state index contributed by atoms with van der Waals surface area (Å²) in [4.78, 5) is 11.8. The summed E-state index contributed by atoms with van der Waals surface area (Å²) < 4.78 is 26.5. The minimum absolute atomic E-state index is 0.222. The smallest absolute Gasteiger partial charge is 0.314 e. The summed E-state index contributed by atoms with van der Waals surface area (Å²) in [5, 5.41) is 14.8. The molecule has 0 aliphatic carbocycles. The molecule has 1 rings (SSSR count). The first kappa shape index (κ1) is 19.4. The molecule has 0 saturated heterocycles. The van der Waals surface area contributed by atoms with E-state index >= 15 is 0 Å². The number of amides is 2. The quantitative estimate of drug-likeness (QED) is 0.720. The Bertz CT molecular complexity index is 533. The lowest BCUT2D eigenvalue weighted by Crippen LogP contribution is -2.42. The summed E-state index contributed by atoms with van der Waals surface area (Å²) >= 11 is 0. The summed E-state index contributed by atoms with van der Waals surface area (Å²) in [7, 11) is 0. The van der Waals surface area contributed by atoms with E-state index in [0.717, 1.165) is 6.07 Å². The zero-order chi connectivity index (χ0) is 17.6. The molecule has 0 aromatic heterocycles. The molecule has 0 bridgehead atoms. The van der Waals surface area contributed by atoms with Crippen molar-refractivity contribution in [2.24, 2.45) is 5.41 Å². The van der Waals surface area contributed by atoms with E-state index in [-0.39, 0.29) is 23.9 Å². The van der Waals surface area contributed by atoms with Crippen LogP contribution in [0.4, 0.5) is 13.6 Å².